The van der Waals surface area contributed by atoms with Crippen LogP contribution in [0.4, 0.5) is 11.6 Å². The molecule has 2 rings (SSSR count). The minimum Gasteiger partial charge on any atom is -0.354 e. The average Bonchev–Trinajstić information content (AvgIpc) is 2.48. The van der Waals surface area contributed by atoms with Gasteiger partial charge in [0.1, 0.15) is 0 Å². The zero-order valence-electron chi connectivity index (χ0n) is 12.0. The number of nitrogens with two attached hydrogens (primary N) is 1. The Kier molecular flexibility index (Phi) is 5.22. The number of nitrogens with zero attached hydrogens (tertiary/aromatic N) is 2. The van der Waals surface area contributed by atoms with Gasteiger partial charge in [-0.1, -0.05) is 12.1 Å². The summed E-state index contributed by atoms with van der Waals surface area (Å²) in [5.41, 5.74) is 8.01. The molecule has 0 spiro atoms. The van der Waals surface area contributed by atoms with Crippen molar-refractivity contribution in [1.82, 2.24) is 9.97 Å². The van der Waals surface area contributed by atoms with Gasteiger partial charge < -0.3 is 16.4 Å². The van der Waals surface area contributed by atoms with Crippen LogP contribution in [0.3, 0.4) is 0 Å². The van der Waals surface area contributed by atoms with Gasteiger partial charge in [0.2, 0.25) is 11.9 Å². The molecule has 6 nitrogen and oxygen atoms in total. The van der Waals surface area contributed by atoms with E-state index < -0.39 is 0 Å². The number of hydrogen-bond acceptors (Lipinski definition) is 5. The lowest BCUT2D eigenvalue weighted by molar-refractivity contribution is -0.114. The summed E-state index contributed by atoms with van der Waals surface area (Å²) in [6.07, 6.45) is 2.59. The minimum absolute atomic E-state index is 0.0869. The van der Waals surface area contributed by atoms with Crippen molar-refractivity contribution in [2.24, 2.45) is 5.73 Å². The number of nitrogens with one attached hydrogen (secondary N) is 2. The fourth-order valence-electron chi connectivity index (χ4n) is 1.83. The molecule has 0 saturated carbocycles. The topological polar surface area (TPSA) is 92.9 Å². The summed E-state index contributed by atoms with van der Waals surface area (Å²) in [7, 11) is 0. The monoisotopic (exact) mass is 285 g/mol. The Morgan fingerprint density at radius 2 is 2.00 bits per heavy atom. The molecule has 110 valence electrons. The first-order valence-corrected chi connectivity index (χ1v) is 6.84. The highest BCUT2D eigenvalue weighted by atomic mass is 16.1. The zero-order valence-corrected chi connectivity index (χ0v) is 12.0. The first-order valence-electron chi connectivity index (χ1n) is 6.84. The first-order chi connectivity index (χ1) is 10.2. The van der Waals surface area contributed by atoms with E-state index in [0.29, 0.717) is 12.5 Å². The van der Waals surface area contributed by atoms with Crippen LogP contribution in [0.1, 0.15) is 13.3 Å². The highest BCUT2D eigenvalue weighted by Gasteiger charge is 2.03. The molecular weight excluding hydrogens is 266 g/mol. The Balaban J connectivity index is 2.10. The third kappa shape index (κ3) is 4.54. The van der Waals surface area contributed by atoms with Gasteiger partial charge in [0.05, 0.1) is 5.69 Å². The summed E-state index contributed by atoms with van der Waals surface area (Å²) in [4.78, 5) is 19.6. The predicted octanol–water partition coefficient (Wildman–Crippen LogP) is 1.86. The van der Waals surface area contributed by atoms with E-state index in [0.717, 1.165) is 29.9 Å². The Hall–Kier alpha value is -2.47. The van der Waals surface area contributed by atoms with Gasteiger partial charge in [-0.3, -0.25) is 4.79 Å². The lowest BCUT2D eigenvalue weighted by atomic mass is 10.1. The van der Waals surface area contributed by atoms with Crippen molar-refractivity contribution in [3.05, 3.63) is 36.5 Å². The summed E-state index contributed by atoms with van der Waals surface area (Å²) in [5, 5.41) is 5.87. The molecule has 21 heavy (non-hydrogen) atoms. The summed E-state index contributed by atoms with van der Waals surface area (Å²) < 4.78 is 0. The molecule has 2 aromatic rings. The van der Waals surface area contributed by atoms with E-state index in [1.54, 1.807) is 6.20 Å². The van der Waals surface area contributed by atoms with Crippen LogP contribution in [0.25, 0.3) is 11.3 Å². The summed E-state index contributed by atoms with van der Waals surface area (Å²) in [5.74, 6) is 0.503. The predicted molar refractivity (Wildman–Crippen MR) is 83.9 cm³/mol. The van der Waals surface area contributed by atoms with E-state index in [4.69, 9.17) is 5.73 Å². The number of amides is 1. The summed E-state index contributed by atoms with van der Waals surface area (Å²) in [6.45, 7) is 2.87. The molecule has 0 atom stereocenters. The molecule has 0 saturated heterocycles. The molecule has 1 amide bonds. The van der Waals surface area contributed by atoms with Crippen LogP contribution in [0.5, 0.6) is 0 Å². The Labute approximate surface area is 123 Å². The van der Waals surface area contributed by atoms with Crippen molar-refractivity contribution >= 4 is 17.5 Å². The van der Waals surface area contributed by atoms with Crippen molar-refractivity contribution < 1.29 is 4.79 Å². The zero-order chi connectivity index (χ0) is 15.1. The number of rotatable bonds is 6. The molecule has 1 heterocycles. The maximum Gasteiger partial charge on any atom is 0.223 e. The van der Waals surface area contributed by atoms with Crippen molar-refractivity contribution in [1.29, 1.82) is 0 Å². The van der Waals surface area contributed by atoms with Gasteiger partial charge in [0, 0.05) is 30.9 Å². The fraction of sp³-hybridized carbons (Fsp3) is 0.267. The second kappa shape index (κ2) is 7.35. The Morgan fingerprint density at radius 1 is 1.24 bits per heavy atom. The van der Waals surface area contributed by atoms with Gasteiger partial charge in [-0.15, -0.1) is 0 Å². The van der Waals surface area contributed by atoms with Gasteiger partial charge >= 0.3 is 0 Å². The second-order valence-electron chi connectivity index (χ2n) is 4.59. The number of carbonyl (C=O) groups is 1. The largest absolute Gasteiger partial charge is 0.354 e. The molecule has 0 radical (unpaired) electrons. The van der Waals surface area contributed by atoms with E-state index >= 15 is 0 Å². The van der Waals surface area contributed by atoms with E-state index in [2.05, 4.69) is 20.6 Å². The van der Waals surface area contributed by atoms with Crippen molar-refractivity contribution in [2.45, 2.75) is 13.3 Å². The smallest absolute Gasteiger partial charge is 0.223 e. The number of aromatic nitrogens is 2. The van der Waals surface area contributed by atoms with E-state index in [1.165, 1.54) is 6.92 Å². The highest BCUT2D eigenvalue weighted by molar-refractivity contribution is 5.88. The molecule has 0 fully saturated rings. The maximum absolute atomic E-state index is 11.0. The third-order valence-electron chi connectivity index (χ3n) is 2.82. The molecule has 4 N–H and O–H groups in total. The van der Waals surface area contributed by atoms with Crippen LogP contribution in [-0.4, -0.2) is 29.0 Å². The second-order valence-corrected chi connectivity index (χ2v) is 4.59. The molecule has 0 aliphatic rings. The van der Waals surface area contributed by atoms with Crippen LogP contribution in [-0.2, 0) is 4.79 Å². The van der Waals surface area contributed by atoms with Gasteiger partial charge in [-0.2, -0.15) is 0 Å². The lowest BCUT2D eigenvalue weighted by Gasteiger charge is -2.07. The molecule has 1 aromatic carbocycles. The number of anilines is 2. The number of hydrogen-bond donors (Lipinski definition) is 3. The summed E-state index contributed by atoms with van der Waals surface area (Å²) >= 11 is 0. The van der Waals surface area contributed by atoms with Gasteiger partial charge in [-0.05, 0) is 31.2 Å². The molecule has 0 bridgehead atoms. The highest BCUT2D eigenvalue weighted by Crippen LogP contribution is 2.20. The average molecular weight is 285 g/mol. The number of carbonyl (C=O) groups excluding carboxylic acids is 1. The number of benzene rings is 1. The van der Waals surface area contributed by atoms with Crippen molar-refractivity contribution in [3.63, 3.8) is 0 Å². The third-order valence-corrected chi connectivity index (χ3v) is 2.82. The van der Waals surface area contributed by atoms with E-state index in [-0.39, 0.29) is 5.91 Å². The van der Waals surface area contributed by atoms with Gasteiger partial charge in [0.15, 0.2) is 0 Å². The van der Waals surface area contributed by atoms with Crippen LogP contribution >= 0.6 is 0 Å². The molecule has 1 aromatic heterocycles. The van der Waals surface area contributed by atoms with Crippen molar-refractivity contribution in [3.8, 4) is 11.3 Å². The fourth-order valence-corrected chi connectivity index (χ4v) is 1.83. The van der Waals surface area contributed by atoms with Gasteiger partial charge in [0.25, 0.3) is 0 Å². The minimum atomic E-state index is -0.0869. The lowest BCUT2D eigenvalue weighted by Crippen LogP contribution is -2.10. The van der Waals surface area contributed by atoms with Crippen LogP contribution in [0.15, 0.2) is 36.5 Å². The summed E-state index contributed by atoms with van der Waals surface area (Å²) in [6, 6.07) is 9.37. The molecule has 0 aliphatic heterocycles. The van der Waals surface area contributed by atoms with E-state index in [1.807, 2.05) is 30.3 Å². The van der Waals surface area contributed by atoms with Crippen LogP contribution in [0, 0.1) is 0 Å². The molecule has 0 aliphatic carbocycles. The van der Waals surface area contributed by atoms with Crippen LogP contribution < -0.4 is 16.4 Å². The SMILES string of the molecule is CC(=O)Nc1ccc(-c2ccnc(NCCCN)n2)cc1. The Bertz CT molecular complexity index is 597. The van der Waals surface area contributed by atoms with Gasteiger partial charge in [-0.25, -0.2) is 9.97 Å². The maximum atomic E-state index is 11.0. The normalized spacial score (nSPS) is 10.2. The Morgan fingerprint density at radius 3 is 2.67 bits per heavy atom. The molecular formula is C15H19N5O. The first kappa shape index (κ1) is 14.9. The molecule has 0 unspecified atom stereocenters. The standard InChI is InChI=1S/C15H19N5O/c1-11(21)19-13-5-3-12(4-6-13)14-7-10-18-15(20-14)17-9-2-8-16/h3-7,10H,2,8-9,16H2,1H3,(H,19,21)(H,17,18,20). The van der Waals surface area contributed by atoms with Crippen LogP contribution in [0.2, 0.25) is 0 Å². The van der Waals surface area contributed by atoms with Crippen molar-refractivity contribution in [2.75, 3.05) is 23.7 Å². The quantitative estimate of drug-likeness (QED) is 0.704. The van der Waals surface area contributed by atoms with E-state index in [9.17, 15) is 4.79 Å². The molecule has 6 heteroatoms.